The van der Waals surface area contributed by atoms with E-state index in [-0.39, 0.29) is 11.1 Å². The molecule has 11 heteroatoms. The average molecular weight is 621 g/mol. The number of nitrogens with one attached hydrogen (secondary N) is 1. The van der Waals surface area contributed by atoms with Gasteiger partial charge in [0.25, 0.3) is 0 Å². The van der Waals surface area contributed by atoms with Crippen molar-refractivity contribution < 1.29 is 23.4 Å². The Morgan fingerprint density at radius 2 is 1.83 bits per heavy atom. The summed E-state index contributed by atoms with van der Waals surface area (Å²) in [5.74, 6) is 2.00. The summed E-state index contributed by atoms with van der Waals surface area (Å²) in [5.41, 5.74) is 0.258. The molecule has 9 nitrogen and oxygen atoms in total. The molecule has 0 saturated carbocycles. The highest BCUT2D eigenvalue weighted by Gasteiger charge is 2.39. The molecule has 0 aliphatic carbocycles. The van der Waals surface area contributed by atoms with E-state index in [9.17, 15) is 4.79 Å². The Balaban J connectivity index is 1.72. The van der Waals surface area contributed by atoms with Crippen molar-refractivity contribution in [1.29, 1.82) is 0 Å². The molecule has 1 aromatic heterocycles. The van der Waals surface area contributed by atoms with E-state index in [0.29, 0.717) is 42.3 Å². The third-order valence-corrected chi connectivity index (χ3v) is 12.4. The number of carbonyl (C=O) groups excluding carboxylic acids is 1. The van der Waals surface area contributed by atoms with Crippen molar-refractivity contribution in [3.8, 4) is 17.1 Å². The first-order valence-corrected chi connectivity index (χ1v) is 18.1. The van der Waals surface area contributed by atoms with Crippen LogP contribution in [-0.2, 0) is 13.9 Å². The summed E-state index contributed by atoms with van der Waals surface area (Å²) in [7, 11) is -0.0543. The SMILES string of the molecule is CN(c1cc(Cl)nc(-c2cccc(OCC(CCNC(=O)OC(C)(C)C)O[Si](C)(C)C(C)(C)C)c2)n1)C1CCOCC1. The summed E-state index contributed by atoms with van der Waals surface area (Å²) >= 11 is 6.44. The number of anilines is 1. The minimum absolute atomic E-state index is 0.0309. The summed E-state index contributed by atoms with van der Waals surface area (Å²) in [6.45, 7) is 18.8. The first-order valence-electron chi connectivity index (χ1n) is 14.8. The monoisotopic (exact) mass is 620 g/mol. The van der Waals surface area contributed by atoms with E-state index in [1.165, 1.54) is 0 Å². The molecule has 1 N–H and O–H groups in total. The molecule has 1 aliphatic rings. The fraction of sp³-hybridized carbons (Fsp3) is 0.645. The molecule has 1 amide bonds. The number of hydrogen-bond acceptors (Lipinski definition) is 8. The van der Waals surface area contributed by atoms with Gasteiger partial charge in [0.05, 0.1) is 6.10 Å². The fourth-order valence-electron chi connectivity index (χ4n) is 4.31. The van der Waals surface area contributed by atoms with Crippen molar-refractivity contribution in [2.45, 2.75) is 96.7 Å². The Hall–Kier alpha value is -2.40. The quantitative estimate of drug-likeness (QED) is 0.210. The number of hydrogen-bond donors (Lipinski definition) is 1. The van der Waals surface area contributed by atoms with Crippen molar-refractivity contribution in [3.05, 3.63) is 35.5 Å². The topological polar surface area (TPSA) is 95.0 Å². The standard InChI is InChI=1S/C31H49ClN4O5Si/c1-30(2,3)40-29(37)33-16-13-25(41-42(8,9)31(4,5)6)21-39-24-12-10-11-22(19-24)28-34-26(32)20-27(35-28)36(7)23-14-17-38-18-15-23/h10-12,19-20,23,25H,13-18,21H2,1-9H3,(H,33,37). The summed E-state index contributed by atoms with van der Waals surface area (Å²) < 4.78 is 23.9. The molecule has 0 radical (unpaired) electrons. The van der Waals surface area contributed by atoms with Gasteiger partial charge in [-0.2, -0.15) is 0 Å². The average Bonchev–Trinajstić information content (AvgIpc) is 2.89. The van der Waals surface area contributed by atoms with Gasteiger partial charge in [0.2, 0.25) is 0 Å². The smallest absolute Gasteiger partial charge is 0.407 e. The number of ether oxygens (including phenoxy) is 3. The number of amides is 1. The second-order valence-electron chi connectivity index (χ2n) is 13.4. The van der Waals surface area contributed by atoms with Crippen LogP contribution in [0.3, 0.4) is 0 Å². The lowest BCUT2D eigenvalue weighted by atomic mass is 10.1. The van der Waals surface area contributed by atoms with E-state index in [4.69, 9.17) is 35.2 Å². The van der Waals surface area contributed by atoms with Crippen LogP contribution in [0.15, 0.2) is 30.3 Å². The van der Waals surface area contributed by atoms with Gasteiger partial charge in [-0.3, -0.25) is 0 Å². The molecule has 42 heavy (non-hydrogen) atoms. The summed E-state index contributed by atoms with van der Waals surface area (Å²) in [6, 6.07) is 9.84. The lowest BCUT2D eigenvalue weighted by Crippen LogP contribution is -2.46. The fourth-order valence-corrected chi connectivity index (χ4v) is 5.86. The largest absolute Gasteiger partial charge is 0.491 e. The van der Waals surface area contributed by atoms with Gasteiger partial charge in [-0.1, -0.05) is 44.5 Å². The van der Waals surface area contributed by atoms with Crippen molar-refractivity contribution in [2.24, 2.45) is 0 Å². The second-order valence-corrected chi connectivity index (χ2v) is 18.5. The van der Waals surface area contributed by atoms with E-state index in [2.05, 4.69) is 49.1 Å². The summed E-state index contributed by atoms with van der Waals surface area (Å²) in [4.78, 5) is 23.7. The first kappa shape index (κ1) is 34.1. The maximum Gasteiger partial charge on any atom is 0.407 e. The van der Waals surface area contributed by atoms with Crippen LogP contribution in [0.2, 0.25) is 23.3 Å². The molecule has 1 aliphatic heterocycles. The van der Waals surface area contributed by atoms with Gasteiger partial charge < -0.3 is 28.9 Å². The lowest BCUT2D eigenvalue weighted by Gasteiger charge is -2.39. The highest BCUT2D eigenvalue weighted by Crippen LogP contribution is 2.38. The van der Waals surface area contributed by atoms with Gasteiger partial charge in [-0.25, -0.2) is 14.8 Å². The minimum atomic E-state index is -2.09. The van der Waals surface area contributed by atoms with Gasteiger partial charge in [-0.15, -0.1) is 0 Å². The normalized spacial score (nSPS) is 15.7. The van der Waals surface area contributed by atoms with E-state index < -0.39 is 20.0 Å². The van der Waals surface area contributed by atoms with Gasteiger partial charge in [-0.05, 0) is 70.3 Å². The van der Waals surface area contributed by atoms with Crippen molar-refractivity contribution in [3.63, 3.8) is 0 Å². The highest BCUT2D eigenvalue weighted by molar-refractivity contribution is 6.74. The van der Waals surface area contributed by atoms with Crippen LogP contribution in [0.4, 0.5) is 10.6 Å². The van der Waals surface area contributed by atoms with Gasteiger partial charge in [0, 0.05) is 44.5 Å². The predicted molar refractivity (Wildman–Crippen MR) is 171 cm³/mol. The molecule has 2 aromatic rings. The lowest BCUT2D eigenvalue weighted by molar-refractivity contribution is 0.0511. The maximum absolute atomic E-state index is 12.2. The Morgan fingerprint density at radius 1 is 1.14 bits per heavy atom. The summed E-state index contributed by atoms with van der Waals surface area (Å²) in [5, 5.41) is 3.27. The van der Waals surface area contributed by atoms with Crippen molar-refractivity contribution in [2.75, 3.05) is 38.3 Å². The molecule has 1 aromatic carbocycles. The van der Waals surface area contributed by atoms with E-state index >= 15 is 0 Å². The number of nitrogens with zero attached hydrogens (tertiary/aromatic N) is 3. The van der Waals surface area contributed by atoms with Crippen LogP contribution in [-0.4, -0.2) is 75.5 Å². The van der Waals surface area contributed by atoms with Gasteiger partial charge in [0.15, 0.2) is 14.1 Å². The minimum Gasteiger partial charge on any atom is -0.491 e. The van der Waals surface area contributed by atoms with Gasteiger partial charge in [0.1, 0.15) is 28.9 Å². The molecule has 1 saturated heterocycles. The second kappa shape index (κ2) is 14.4. The van der Waals surface area contributed by atoms with E-state index in [0.717, 1.165) is 37.4 Å². The zero-order chi connectivity index (χ0) is 31.1. The van der Waals surface area contributed by atoms with Crippen LogP contribution >= 0.6 is 11.6 Å². The molecule has 1 fully saturated rings. The van der Waals surface area contributed by atoms with E-state index in [1.54, 1.807) is 6.07 Å². The number of benzene rings is 1. The maximum atomic E-state index is 12.2. The first-order chi connectivity index (χ1) is 19.5. The van der Waals surface area contributed by atoms with Crippen LogP contribution < -0.4 is 15.0 Å². The van der Waals surface area contributed by atoms with Crippen LogP contribution in [0.5, 0.6) is 5.75 Å². The molecule has 234 valence electrons. The highest BCUT2D eigenvalue weighted by atomic mass is 35.5. The third-order valence-electron chi connectivity index (χ3n) is 7.71. The molecule has 2 heterocycles. The predicted octanol–water partition coefficient (Wildman–Crippen LogP) is 7.10. The number of rotatable bonds is 11. The molecule has 1 unspecified atom stereocenters. The molecule has 3 rings (SSSR count). The van der Waals surface area contributed by atoms with Gasteiger partial charge >= 0.3 is 6.09 Å². The molecular formula is C31H49ClN4O5Si. The molecule has 1 atom stereocenters. The number of aromatic nitrogens is 2. The van der Waals surface area contributed by atoms with Crippen LogP contribution in [0.25, 0.3) is 11.4 Å². The molecule has 0 bridgehead atoms. The van der Waals surface area contributed by atoms with Crippen LogP contribution in [0, 0.1) is 0 Å². The Morgan fingerprint density at radius 3 is 2.48 bits per heavy atom. The van der Waals surface area contributed by atoms with Crippen LogP contribution in [0.1, 0.15) is 60.8 Å². The Bertz CT molecular complexity index is 1180. The number of carbonyl (C=O) groups is 1. The molecule has 0 spiro atoms. The summed E-state index contributed by atoms with van der Waals surface area (Å²) in [6.07, 6.45) is 1.83. The zero-order valence-electron chi connectivity index (χ0n) is 26.8. The third kappa shape index (κ3) is 10.4. The molecular weight excluding hydrogens is 572 g/mol. The van der Waals surface area contributed by atoms with Crippen molar-refractivity contribution >= 4 is 31.8 Å². The Kier molecular flexibility index (Phi) is 11.7. The van der Waals surface area contributed by atoms with E-state index in [1.807, 2.05) is 52.1 Å². The number of alkyl carbamates (subject to hydrolysis) is 1. The number of halogens is 1. The van der Waals surface area contributed by atoms with Crippen molar-refractivity contribution in [1.82, 2.24) is 15.3 Å². The zero-order valence-corrected chi connectivity index (χ0v) is 28.5. The Labute approximate surface area is 257 Å².